The number of likely N-dealkylation sites (N-methyl/N-ethyl adjacent to an activating group) is 2. The molecule has 2 heterocycles. The molecule has 7 nitrogen and oxygen atoms in total. The summed E-state index contributed by atoms with van der Waals surface area (Å²) in [5.74, 6) is 0.252. The highest BCUT2D eigenvalue weighted by atomic mass is 16.4. The Hall–Kier alpha value is -3.06. The quantitative estimate of drug-likeness (QED) is 0.624. The molecule has 1 aliphatic rings. The van der Waals surface area contributed by atoms with Crippen LogP contribution in [0.5, 0.6) is 5.75 Å². The van der Waals surface area contributed by atoms with Crippen molar-refractivity contribution in [3.05, 3.63) is 53.6 Å². The molecular weight excluding hydrogens is 404 g/mol. The van der Waals surface area contributed by atoms with E-state index < -0.39 is 0 Å². The zero-order valence-electron chi connectivity index (χ0n) is 19.4. The molecule has 2 N–H and O–H groups in total. The fourth-order valence-electron chi connectivity index (χ4n) is 5.21. The minimum atomic E-state index is -0.330. The molecular formula is C25H32N4O3. The zero-order valence-corrected chi connectivity index (χ0v) is 19.4. The Balaban J connectivity index is 1.68. The van der Waals surface area contributed by atoms with E-state index >= 15 is 0 Å². The molecule has 1 unspecified atom stereocenters. The van der Waals surface area contributed by atoms with Crippen molar-refractivity contribution in [2.24, 2.45) is 0 Å². The van der Waals surface area contributed by atoms with E-state index in [1.807, 2.05) is 43.4 Å². The molecule has 2 amide bonds. The molecule has 0 saturated carbocycles. The molecule has 0 radical (unpaired) electrons. The van der Waals surface area contributed by atoms with E-state index in [9.17, 15) is 9.90 Å². The van der Waals surface area contributed by atoms with Crippen LogP contribution in [0.3, 0.4) is 0 Å². The second-order valence-electron chi connectivity index (χ2n) is 9.06. The monoisotopic (exact) mass is 436 g/mol. The molecule has 1 fully saturated rings. The molecule has 0 bridgehead atoms. The lowest BCUT2D eigenvalue weighted by atomic mass is 9.66. The first-order valence-electron chi connectivity index (χ1n) is 11.2. The summed E-state index contributed by atoms with van der Waals surface area (Å²) in [6, 6.07) is 12.9. The van der Waals surface area contributed by atoms with Gasteiger partial charge in [0.05, 0.1) is 6.04 Å². The van der Waals surface area contributed by atoms with Crippen molar-refractivity contribution in [1.29, 1.82) is 0 Å². The van der Waals surface area contributed by atoms with Crippen LogP contribution in [0.25, 0.3) is 11.1 Å². The van der Waals surface area contributed by atoms with Crippen LogP contribution in [0, 0.1) is 0 Å². The van der Waals surface area contributed by atoms with E-state index in [1.54, 1.807) is 11.0 Å². The van der Waals surface area contributed by atoms with E-state index in [0.29, 0.717) is 11.1 Å². The molecule has 3 aromatic rings. The van der Waals surface area contributed by atoms with Gasteiger partial charge in [-0.15, -0.1) is 0 Å². The average Bonchev–Trinajstić information content (AvgIpc) is 3.18. The van der Waals surface area contributed by atoms with Crippen LogP contribution in [0.4, 0.5) is 10.8 Å². The summed E-state index contributed by atoms with van der Waals surface area (Å²) in [6.07, 6.45) is 1.73. The number of carbonyl (C=O) groups is 1. The van der Waals surface area contributed by atoms with Crippen LogP contribution in [-0.2, 0) is 11.8 Å². The van der Waals surface area contributed by atoms with Crippen molar-refractivity contribution in [3.8, 4) is 5.75 Å². The molecule has 3 atom stereocenters. The summed E-state index contributed by atoms with van der Waals surface area (Å²) in [5, 5.41) is 13.1. The Morgan fingerprint density at radius 1 is 1.34 bits per heavy atom. The highest BCUT2D eigenvalue weighted by Crippen LogP contribution is 2.43. The van der Waals surface area contributed by atoms with Gasteiger partial charge in [-0.3, -0.25) is 5.32 Å². The number of carbonyl (C=O) groups excluding carboxylic acids is 1. The van der Waals surface area contributed by atoms with Crippen LogP contribution in [-0.4, -0.2) is 58.6 Å². The van der Waals surface area contributed by atoms with E-state index in [1.165, 1.54) is 5.56 Å². The van der Waals surface area contributed by atoms with Crippen LogP contribution in [0.15, 0.2) is 46.9 Å². The number of benzene rings is 2. The maximum Gasteiger partial charge on any atom is 0.325 e. The zero-order chi connectivity index (χ0) is 23.0. The number of fused-ring (bicyclic) bond motifs is 1. The summed E-state index contributed by atoms with van der Waals surface area (Å²) in [5.41, 5.74) is 3.30. The van der Waals surface area contributed by atoms with E-state index in [4.69, 9.17) is 4.42 Å². The first-order chi connectivity index (χ1) is 15.2. The van der Waals surface area contributed by atoms with Crippen molar-refractivity contribution < 1.29 is 14.3 Å². The molecule has 2 aromatic carbocycles. The number of phenolic OH excluding ortho intramolecular Hbond substituents is 1. The molecule has 170 valence electrons. The number of likely N-dealkylation sites (tertiary alicyclic amines) is 1. The number of phenols is 1. The van der Waals surface area contributed by atoms with E-state index in [0.717, 1.165) is 24.9 Å². The van der Waals surface area contributed by atoms with Crippen LogP contribution < -0.4 is 5.32 Å². The second kappa shape index (κ2) is 8.47. The van der Waals surface area contributed by atoms with Gasteiger partial charge in [0, 0.05) is 18.5 Å². The molecule has 1 aromatic heterocycles. The Morgan fingerprint density at radius 3 is 2.81 bits per heavy atom. The molecule has 0 aliphatic carbocycles. The number of piperidine rings is 1. The average molecular weight is 437 g/mol. The minimum absolute atomic E-state index is 0.111. The summed E-state index contributed by atoms with van der Waals surface area (Å²) in [7, 11) is 3.91. The van der Waals surface area contributed by atoms with Crippen LogP contribution in [0.1, 0.15) is 38.3 Å². The van der Waals surface area contributed by atoms with Gasteiger partial charge in [0.1, 0.15) is 11.3 Å². The predicted molar refractivity (Wildman–Crippen MR) is 126 cm³/mol. The minimum Gasteiger partial charge on any atom is -0.508 e. The number of para-hydroxylation sites is 2. The molecule has 1 saturated heterocycles. The maximum atomic E-state index is 13.3. The molecule has 4 rings (SSSR count). The summed E-state index contributed by atoms with van der Waals surface area (Å²) in [4.78, 5) is 21.8. The number of rotatable bonds is 4. The number of hydrogen-bond donors (Lipinski definition) is 2. The number of oxazole rings is 1. The van der Waals surface area contributed by atoms with E-state index in [-0.39, 0.29) is 35.3 Å². The summed E-state index contributed by atoms with van der Waals surface area (Å²) >= 11 is 0. The van der Waals surface area contributed by atoms with Crippen molar-refractivity contribution in [2.45, 2.75) is 51.1 Å². The van der Waals surface area contributed by atoms with Crippen molar-refractivity contribution in [3.63, 3.8) is 0 Å². The second-order valence-corrected chi connectivity index (χ2v) is 9.06. The van der Waals surface area contributed by atoms with Crippen molar-refractivity contribution in [1.82, 2.24) is 14.8 Å². The smallest absolute Gasteiger partial charge is 0.325 e. The van der Waals surface area contributed by atoms with Gasteiger partial charge in [-0.25, -0.2) is 4.79 Å². The number of amides is 2. The van der Waals surface area contributed by atoms with Gasteiger partial charge in [0.2, 0.25) is 0 Å². The highest BCUT2D eigenvalue weighted by molar-refractivity contribution is 5.89. The molecule has 1 aliphatic heterocycles. The number of nitrogens with zero attached hydrogens (tertiary/aromatic N) is 3. The summed E-state index contributed by atoms with van der Waals surface area (Å²) < 4.78 is 5.70. The lowest BCUT2D eigenvalue weighted by molar-refractivity contribution is 0.0396. The number of nitrogens with one attached hydrogen (secondary N) is 1. The first kappa shape index (κ1) is 22.1. The third kappa shape index (κ3) is 3.81. The lowest BCUT2D eigenvalue weighted by Gasteiger charge is -2.53. The fraction of sp³-hybridized carbons (Fsp3) is 0.440. The molecule has 32 heavy (non-hydrogen) atoms. The van der Waals surface area contributed by atoms with Gasteiger partial charge in [0.25, 0.3) is 0 Å². The van der Waals surface area contributed by atoms with E-state index in [2.05, 4.69) is 43.0 Å². The number of hydrogen-bond acceptors (Lipinski definition) is 5. The van der Waals surface area contributed by atoms with Crippen molar-refractivity contribution in [2.75, 3.05) is 26.0 Å². The fourth-order valence-corrected chi connectivity index (χ4v) is 5.21. The van der Waals surface area contributed by atoms with Gasteiger partial charge < -0.3 is 19.3 Å². The predicted octanol–water partition coefficient (Wildman–Crippen LogP) is 4.61. The third-order valence-electron chi connectivity index (χ3n) is 7.12. The number of aromatic hydroxyl groups is 1. The van der Waals surface area contributed by atoms with Gasteiger partial charge in [0.15, 0.2) is 5.58 Å². The van der Waals surface area contributed by atoms with Gasteiger partial charge in [-0.05, 0) is 68.8 Å². The third-order valence-corrected chi connectivity index (χ3v) is 7.12. The largest absolute Gasteiger partial charge is 0.508 e. The standard InChI is InChI=1S/C25H32N4O3/c1-6-17-11-12-18(30)15-19(17)25(3)13-14-28(4)16(2)22(25)29(5)24(31)27-23-26-20-9-7-8-10-21(20)32-23/h7-12,15-16,22,30H,6,13-14H2,1-5H3,(H,26,27,31)/t16-,22+,25?/m1/s1. The van der Waals surface area contributed by atoms with Gasteiger partial charge in [-0.1, -0.05) is 32.0 Å². The maximum absolute atomic E-state index is 13.3. The van der Waals surface area contributed by atoms with Crippen molar-refractivity contribution >= 4 is 23.1 Å². The number of anilines is 1. The summed E-state index contributed by atoms with van der Waals surface area (Å²) in [6.45, 7) is 7.39. The Labute approximate surface area is 189 Å². The highest BCUT2D eigenvalue weighted by Gasteiger charge is 2.48. The number of aryl methyl sites for hydroxylation is 1. The van der Waals surface area contributed by atoms with Gasteiger partial charge in [-0.2, -0.15) is 4.98 Å². The molecule has 0 spiro atoms. The number of aromatic nitrogens is 1. The Morgan fingerprint density at radius 2 is 2.09 bits per heavy atom. The van der Waals surface area contributed by atoms with Crippen LogP contribution >= 0.6 is 0 Å². The number of urea groups is 1. The van der Waals surface area contributed by atoms with Crippen LogP contribution in [0.2, 0.25) is 0 Å². The SMILES string of the molecule is CCc1ccc(O)cc1C1(C)CCN(C)[C@H](C)[C@@H]1N(C)C(=O)Nc1nc2ccccc2o1. The van der Waals surface area contributed by atoms with Gasteiger partial charge >= 0.3 is 12.0 Å². The Kier molecular flexibility index (Phi) is 5.86. The first-order valence-corrected chi connectivity index (χ1v) is 11.2. The molecule has 7 heteroatoms. The normalized spacial score (nSPS) is 23.9. The topological polar surface area (TPSA) is 81.8 Å². The lowest BCUT2D eigenvalue weighted by Crippen LogP contribution is -2.64. The Bertz CT molecular complexity index is 1090.